The number of hydrogen-bond acceptors (Lipinski definition) is 3. The molecule has 3 aromatic rings. The lowest BCUT2D eigenvalue weighted by atomic mass is 9.87. The summed E-state index contributed by atoms with van der Waals surface area (Å²) in [5.74, 6) is 0.543. The Morgan fingerprint density at radius 2 is 1.70 bits per heavy atom. The van der Waals surface area contributed by atoms with Gasteiger partial charge in [0.25, 0.3) is 0 Å². The lowest BCUT2D eigenvalue weighted by Crippen LogP contribution is -2.11. The highest BCUT2D eigenvalue weighted by atomic mass is 35.5. The number of aromatic nitrogens is 4. The Balaban J connectivity index is 1.78. The maximum Gasteiger partial charge on any atom is 0.206 e. The van der Waals surface area contributed by atoms with Gasteiger partial charge in [-0.15, -0.1) is 10.2 Å². The van der Waals surface area contributed by atoms with Crippen molar-refractivity contribution in [1.82, 2.24) is 20.2 Å². The molecule has 0 saturated carbocycles. The first-order valence-corrected chi connectivity index (χ1v) is 7.93. The van der Waals surface area contributed by atoms with Crippen LogP contribution in [0.2, 0.25) is 5.02 Å². The lowest BCUT2D eigenvalue weighted by Gasteiger charge is -2.19. The van der Waals surface area contributed by atoms with Gasteiger partial charge in [0, 0.05) is 5.56 Å². The van der Waals surface area contributed by atoms with E-state index in [1.807, 2.05) is 24.3 Å². The van der Waals surface area contributed by atoms with Crippen LogP contribution < -0.4 is 0 Å². The third-order valence-electron chi connectivity index (χ3n) is 3.71. The Bertz CT molecular complexity index is 800. The van der Waals surface area contributed by atoms with Gasteiger partial charge in [-0.3, -0.25) is 0 Å². The van der Waals surface area contributed by atoms with Crippen LogP contribution in [0.15, 0.2) is 48.5 Å². The molecule has 0 aliphatic carbocycles. The van der Waals surface area contributed by atoms with Crippen LogP contribution in [0.1, 0.15) is 31.9 Å². The molecular formula is C18H19ClN4. The summed E-state index contributed by atoms with van der Waals surface area (Å²) in [6.45, 7) is 7.20. The van der Waals surface area contributed by atoms with Gasteiger partial charge in [0.15, 0.2) is 0 Å². The number of halogens is 1. The lowest BCUT2D eigenvalue weighted by molar-refractivity contribution is 0.570. The molecule has 0 aliphatic rings. The van der Waals surface area contributed by atoms with E-state index in [4.69, 9.17) is 11.6 Å². The molecule has 1 heterocycles. The van der Waals surface area contributed by atoms with E-state index >= 15 is 0 Å². The SMILES string of the molecule is CC(C)(C)c1ccc(Cn2nnc(-c3ccccc3Cl)n2)cc1. The van der Waals surface area contributed by atoms with Crippen LogP contribution in [0, 0.1) is 0 Å². The Kier molecular flexibility index (Phi) is 4.18. The zero-order chi connectivity index (χ0) is 16.4. The molecule has 23 heavy (non-hydrogen) atoms. The fraction of sp³-hybridized carbons (Fsp3) is 0.278. The Hall–Kier alpha value is -2.20. The predicted molar refractivity (Wildman–Crippen MR) is 92.5 cm³/mol. The zero-order valence-electron chi connectivity index (χ0n) is 13.5. The number of rotatable bonds is 3. The molecule has 0 atom stereocenters. The van der Waals surface area contributed by atoms with Crippen molar-refractivity contribution < 1.29 is 0 Å². The molecule has 0 saturated heterocycles. The molecule has 0 N–H and O–H groups in total. The summed E-state index contributed by atoms with van der Waals surface area (Å²) >= 11 is 6.17. The normalized spacial score (nSPS) is 11.7. The molecule has 0 aliphatic heterocycles. The van der Waals surface area contributed by atoms with Crippen LogP contribution in [-0.2, 0) is 12.0 Å². The summed E-state index contributed by atoms with van der Waals surface area (Å²) in [6.07, 6.45) is 0. The quantitative estimate of drug-likeness (QED) is 0.719. The maximum absolute atomic E-state index is 6.17. The van der Waals surface area contributed by atoms with E-state index in [0.717, 1.165) is 11.1 Å². The van der Waals surface area contributed by atoms with Crippen LogP contribution in [0.5, 0.6) is 0 Å². The minimum atomic E-state index is 0.154. The van der Waals surface area contributed by atoms with E-state index < -0.39 is 0 Å². The summed E-state index contributed by atoms with van der Waals surface area (Å²) in [5.41, 5.74) is 3.40. The predicted octanol–water partition coefficient (Wildman–Crippen LogP) is 4.34. The molecule has 0 amide bonds. The summed E-state index contributed by atoms with van der Waals surface area (Å²) in [5, 5.41) is 13.3. The van der Waals surface area contributed by atoms with Gasteiger partial charge in [0.05, 0.1) is 11.6 Å². The molecule has 0 radical (unpaired) electrons. The van der Waals surface area contributed by atoms with Gasteiger partial charge in [-0.05, 0) is 33.9 Å². The van der Waals surface area contributed by atoms with Crippen LogP contribution in [-0.4, -0.2) is 20.2 Å². The van der Waals surface area contributed by atoms with Crippen molar-refractivity contribution in [3.05, 3.63) is 64.7 Å². The highest BCUT2D eigenvalue weighted by Gasteiger charge is 2.13. The fourth-order valence-corrected chi connectivity index (χ4v) is 2.55. The highest BCUT2D eigenvalue weighted by Crippen LogP contribution is 2.24. The van der Waals surface area contributed by atoms with Crippen molar-refractivity contribution in [2.24, 2.45) is 0 Å². The van der Waals surface area contributed by atoms with Gasteiger partial charge in [-0.2, -0.15) is 4.80 Å². The van der Waals surface area contributed by atoms with E-state index in [9.17, 15) is 0 Å². The summed E-state index contributed by atoms with van der Waals surface area (Å²) in [6, 6.07) is 16.0. The molecule has 1 aromatic heterocycles. The molecule has 0 spiro atoms. The molecule has 0 fully saturated rings. The smallest absolute Gasteiger partial charge is 0.159 e. The van der Waals surface area contributed by atoms with E-state index in [2.05, 4.69) is 60.4 Å². The minimum Gasteiger partial charge on any atom is -0.159 e. The van der Waals surface area contributed by atoms with Crippen LogP contribution in [0.3, 0.4) is 0 Å². The van der Waals surface area contributed by atoms with Crippen molar-refractivity contribution in [3.8, 4) is 11.4 Å². The van der Waals surface area contributed by atoms with Gasteiger partial charge < -0.3 is 0 Å². The molecule has 0 bridgehead atoms. The van der Waals surface area contributed by atoms with E-state index in [-0.39, 0.29) is 5.41 Å². The average Bonchev–Trinajstić information content (AvgIpc) is 2.95. The molecule has 3 rings (SSSR count). The Morgan fingerprint density at radius 3 is 2.35 bits per heavy atom. The molecule has 118 valence electrons. The third-order valence-corrected chi connectivity index (χ3v) is 4.04. The van der Waals surface area contributed by atoms with Gasteiger partial charge in [0.2, 0.25) is 5.82 Å². The first kappa shape index (κ1) is 15.7. The van der Waals surface area contributed by atoms with Crippen molar-refractivity contribution in [2.75, 3.05) is 0 Å². The molecular weight excluding hydrogens is 308 g/mol. The third kappa shape index (κ3) is 3.59. The second-order valence-electron chi connectivity index (χ2n) is 6.57. The van der Waals surface area contributed by atoms with Crippen LogP contribution in [0.25, 0.3) is 11.4 Å². The summed E-state index contributed by atoms with van der Waals surface area (Å²) in [7, 11) is 0. The van der Waals surface area contributed by atoms with Crippen molar-refractivity contribution >= 4 is 11.6 Å². The van der Waals surface area contributed by atoms with Crippen molar-refractivity contribution in [1.29, 1.82) is 0 Å². The molecule has 2 aromatic carbocycles. The summed E-state index contributed by atoms with van der Waals surface area (Å²) < 4.78 is 0. The molecule has 4 nitrogen and oxygen atoms in total. The van der Waals surface area contributed by atoms with Crippen molar-refractivity contribution in [2.45, 2.75) is 32.7 Å². The number of benzene rings is 2. The topological polar surface area (TPSA) is 43.6 Å². The number of nitrogens with zero attached hydrogens (tertiary/aromatic N) is 4. The minimum absolute atomic E-state index is 0.154. The first-order chi connectivity index (χ1) is 10.9. The Labute approximate surface area is 141 Å². The maximum atomic E-state index is 6.17. The van der Waals surface area contributed by atoms with E-state index in [0.29, 0.717) is 17.4 Å². The number of hydrogen-bond donors (Lipinski definition) is 0. The Morgan fingerprint density at radius 1 is 1.00 bits per heavy atom. The van der Waals surface area contributed by atoms with Crippen LogP contribution >= 0.6 is 11.6 Å². The second-order valence-corrected chi connectivity index (χ2v) is 6.98. The first-order valence-electron chi connectivity index (χ1n) is 7.55. The van der Waals surface area contributed by atoms with E-state index in [1.54, 1.807) is 4.80 Å². The van der Waals surface area contributed by atoms with Gasteiger partial charge >= 0.3 is 0 Å². The fourth-order valence-electron chi connectivity index (χ4n) is 2.33. The molecule has 5 heteroatoms. The largest absolute Gasteiger partial charge is 0.206 e. The number of tetrazole rings is 1. The van der Waals surface area contributed by atoms with Crippen molar-refractivity contribution in [3.63, 3.8) is 0 Å². The highest BCUT2D eigenvalue weighted by molar-refractivity contribution is 6.33. The second kappa shape index (κ2) is 6.13. The standard InChI is InChI=1S/C18H19ClN4/c1-18(2,3)14-10-8-13(9-11-14)12-23-21-17(20-22-23)15-6-4-5-7-16(15)19/h4-11H,12H2,1-3H3. The van der Waals surface area contributed by atoms with Gasteiger partial charge in [-0.25, -0.2) is 0 Å². The van der Waals surface area contributed by atoms with Gasteiger partial charge in [0.1, 0.15) is 0 Å². The summed E-state index contributed by atoms with van der Waals surface area (Å²) in [4.78, 5) is 1.59. The van der Waals surface area contributed by atoms with E-state index in [1.165, 1.54) is 5.56 Å². The average molecular weight is 327 g/mol. The van der Waals surface area contributed by atoms with Gasteiger partial charge in [-0.1, -0.05) is 68.8 Å². The zero-order valence-corrected chi connectivity index (χ0v) is 14.2. The van der Waals surface area contributed by atoms with Crippen LogP contribution in [0.4, 0.5) is 0 Å². The monoisotopic (exact) mass is 326 g/mol. The molecule has 0 unspecified atom stereocenters.